The van der Waals surface area contributed by atoms with Crippen molar-refractivity contribution in [3.05, 3.63) is 71.2 Å². The van der Waals surface area contributed by atoms with Crippen molar-refractivity contribution in [2.24, 2.45) is 5.92 Å². The summed E-state index contributed by atoms with van der Waals surface area (Å²) in [7, 11) is 0. The lowest BCUT2D eigenvalue weighted by Crippen LogP contribution is -2.26. The molecule has 0 amide bonds. The highest BCUT2D eigenvalue weighted by atomic mass is 32.2. The summed E-state index contributed by atoms with van der Waals surface area (Å²) in [6.07, 6.45) is 6.79. The fraction of sp³-hybridized carbons (Fsp3) is 0.333. The lowest BCUT2D eigenvalue weighted by atomic mass is 9.72. The number of para-hydroxylation sites is 1. The van der Waals surface area contributed by atoms with Crippen molar-refractivity contribution in [3.63, 3.8) is 0 Å². The monoisotopic (exact) mass is 339 g/mol. The Morgan fingerprint density at radius 1 is 1.17 bits per heavy atom. The van der Waals surface area contributed by atoms with Crippen LogP contribution in [-0.4, -0.2) is 11.2 Å². The van der Waals surface area contributed by atoms with Gasteiger partial charge in [-0.25, -0.2) is 4.39 Å². The van der Waals surface area contributed by atoms with E-state index in [0.717, 1.165) is 5.75 Å². The van der Waals surface area contributed by atoms with Crippen molar-refractivity contribution in [3.8, 4) is 0 Å². The van der Waals surface area contributed by atoms with E-state index in [2.05, 4.69) is 42.6 Å². The molecule has 1 heterocycles. The molecule has 1 fully saturated rings. The third-order valence-corrected chi connectivity index (χ3v) is 6.10. The van der Waals surface area contributed by atoms with E-state index in [1.54, 1.807) is 12.1 Å². The molecule has 1 nitrogen and oxygen atoms in total. The largest absolute Gasteiger partial charge is 0.361 e. The molecule has 1 saturated carbocycles. The van der Waals surface area contributed by atoms with E-state index in [0.29, 0.717) is 5.92 Å². The van der Waals surface area contributed by atoms with Gasteiger partial charge in [-0.1, -0.05) is 37.3 Å². The van der Waals surface area contributed by atoms with E-state index in [1.165, 1.54) is 40.4 Å². The zero-order valence-electron chi connectivity index (χ0n) is 14.1. The summed E-state index contributed by atoms with van der Waals surface area (Å²) >= 11 is 1.84. The number of hydrogen-bond acceptors (Lipinski definition) is 1. The molecule has 1 atom stereocenters. The van der Waals surface area contributed by atoms with Crippen molar-refractivity contribution in [1.29, 1.82) is 0 Å². The molecule has 124 valence electrons. The number of aromatic amines is 1. The molecule has 0 bridgehead atoms. The van der Waals surface area contributed by atoms with Gasteiger partial charge in [0.25, 0.3) is 0 Å². The number of nitrogens with one attached hydrogen (secondary N) is 1. The van der Waals surface area contributed by atoms with E-state index in [-0.39, 0.29) is 11.2 Å². The number of fused-ring (bicyclic) bond motifs is 1. The summed E-state index contributed by atoms with van der Waals surface area (Å²) in [4.78, 5) is 3.52. The van der Waals surface area contributed by atoms with Gasteiger partial charge in [-0.2, -0.15) is 11.8 Å². The van der Waals surface area contributed by atoms with Crippen LogP contribution in [0.1, 0.15) is 36.5 Å². The van der Waals surface area contributed by atoms with Crippen LogP contribution in [0, 0.1) is 11.7 Å². The molecule has 1 unspecified atom stereocenters. The zero-order chi connectivity index (χ0) is 16.7. The van der Waals surface area contributed by atoms with Gasteiger partial charge in [0.2, 0.25) is 0 Å². The fourth-order valence-corrected chi connectivity index (χ4v) is 4.54. The van der Waals surface area contributed by atoms with Crippen LogP contribution in [0.15, 0.2) is 48.7 Å². The van der Waals surface area contributed by atoms with Gasteiger partial charge in [-0.15, -0.1) is 0 Å². The summed E-state index contributed by atoms with van der Waals surface area (Å²) in [5.41, 5.74) is 5.08. The Labute approximate surface area is 146 Å². The molecule has 1 aromatic heterocycles. The molecule has 1 aliphatic carbocycles. The minimum absolute atomic E-state index is 0.0655. The van der Waals surface area contributed by atoms with Gasteiger partial charge < -0.3 is 4.98 Å². The molecule has 4 rings (SSSR count). The average molecular weight is 339 g/mol. The Kier molecular flexibility index (Phi) is 3.92. The second-order valence-corrected chi connectivity index (χ2v) is 7.82. The third kappa shape index (κ3) is 2.46. The minimum Gasteiger partial charge on any atom is -0.361 e. The van der Waals surface area contributed by atoms with Gasteiger partial charge in [0.1, 0.15) is 5.82 Å². The average Bonchev–Trinajstić information content (AvgIpc) is 3.35. The van der Waals surface area contributed by atoms with E-state index >= 15 is 0 Å². The zero-order valence-corrected chi connectivity index (χ0v) is 14.9. The van der Waals surface area contributed by atoms with Crippen LogP contribution in [0.5, 0.6) is 0 Å². The van der Waals surface area contributed by atoms with Crippen LogP contribution in [0.25, 0.3) is 10.9 Å². The van der Waals surface area contributed by atoms with Crippen molar-refractivity contribution in [2.75, 3.05) is 6.26 Å². The van der Waals surface area contributed by atoms with Crippen LogP contribution >= 0.6 is 11.8 Å². The molecule has 1 N–H and O–H groups in total. The number of aromatic nitrogens is 1. The first-order valence-corrected chi connectivity index (χ1v) is 9.88. The van der Waals surface area contributed by atoms with E-state index < -0.39 is 0 Å². The highest BCUT2D eigenvalue weighted by Crippen LogP contribution is 2.52. The Bertz CT molecular complexity index is 863. The van der Waals surface area contributed by atoms with Crippen LogP contribution < -0.4 is 0 Å². The van der Waals surface area contributed by atoms with Gasteiger partial charge in [-0.3, -0.25) is 0 Å². The normalized spacial score (nSPS) is 17.1. The van der Waals surface area contributed by atoms with Gasteiger partial charge in [-0.05, 0) is 53.8 Å². The quantitative estimate of drug-likeness (QED) is 0.613. The van der Waals surface area contributed by atoms with E-state index in [4.69, 9.17) is 0 Å². The fourth-order valence-electron chi connectivity index (χ4n) is 3.99. The third-order valence-electron chi connectivity index (χ3n) is 5.50. The Balaban J connectivity index is 1.89. The molecule has 1 aliphatic rings. The van der Waals surface area contributed by atoms with Crippen molar-refractivity contribution in [2.45, 2.75) is 30.9 Å². The Hall–Kier alpha value is -1.74. The molecule has 3 aromatic rings. The maximum Gasteiger partial charge on any atom is 0.123 e. The van der Waals surface area contributed by atoms with Crippen molar-refractivity contribution < 1.29 is 4.39 Å². The smallest absolute Gasteiger partial charge is 0.123 e. The Morgan fingerprint density at radius 2 is 1.92 bits per heavy atom. The number of benzene rings is 2. The van der Waals surface area contributed by atoms with Crippen LogP contribution in [0.2, 0.25) is 0 Å². The van der Waals surface area contributed by atoms with Gasteiger partial charge in [0, 0.05) is 28.3 Å². The van der Waals surface area contributed by atoms with Crippen LogP contribution in [-0.2, 0) is 11.2 Å². The summed E-state index contributed by atoms with van der Waals surface area (Å²) in [6.45, 7) is 2.32. The first kappa shape index (κ1) is 15.8. The maximum atomic E-state index is 13.4. The molecule has 0 spiro atoms. The molecule has 0 radical (unpaired) electrons. The summed E-state index contributed by atoms with van der Waals surface area (Å²) in [5, 5.41) is 1.31. The SMILES string of the molecule is CSCc1cccc2c(C(C)(c3ccc(F)cc3)C3CC3)c[nH]c12. The number of thioether (sulfide) groups is 1. The molecule has 2 aromatic carbocycles. The molecular formula is C21H22FNS. The van der Waals surface area contributed by atoms with Crippen LogP contribution in [0.4, 0.5) is 4.39 Å². The van der Waals surface area contributed by atoms with Gasteiger partial charge in [0.15, 0.2) is 0 Å². The van der Waals surface area contributed by atoms with E-state index in [9.17, 15) is 4.39 Å². The maximum absolute atomic E-state index is 13.4. The Morgan fingerprint density at radius 3 is 2.58 bits per heavy atom. The number of rotatable bonds is 5. The summed E-state index contributed by atoms with van der Waals surface area (Å²) in [6, 6.07) is 13.7. The second-order valence-electron chi connectivity index (χ2n) is 6.96. The number of H-pyrrole nitrogens is 1. The first-order chi connectivity index (χ1) is 11.6. The predicted octanol–water partition coefficient (Wildman–Crippen LogP) is 5.89. The van der Waals surface area contributed by atoms with Gasteiger partial charge in [0.05, 0.1) is 0 Å². The molecule has 0 aliphatic heterocycles. The van der Waals surface area contributed by atoms with Crippen molar-refractivity contribution >= 4 is 22.7 Å². The molecule has 24 heavy (non-hydrogen) atoms. The minimum atomic E-state index is -0.168. The molecule has 0 saturated heterocycles. The molecular weight excluding hydrogens is 317 g/mol. The standard InChI is InChI=1S/C21H22FNS/c1-21(15-6-7-15,16-8-10-17(22)11-9-16)19-12-23-20-14(13-24-2)4-3-5-18(19)20/h3-5,8-12,15,23H,6-7,13H2,1-2H3. The summed E-state index contributed by atoms with van der Waals surface area (Å²) < 4.78 is 13.4. The summed E-state index contributed by atoms with van der Waals surface area (Å²) in [5.74, 6) is 1.47. The number of halogens is 1. The molecule has 3 heteroatoms. The lowest BCUT2D eigenvalue weighted by Gasteiger charge is -2.30. The van der Waals surface area contributed by atoms with Crippen LogP contribution in [0.3, 0.4) is 0 Å². The van der Waals surface area contributed by atoms with Crippen molar-refractivity contribution in [1.82, 2.24) is 4.98 Å². The second kappa shape index (κ2) is 5.96. The predicted molar refractivity (Wildman–Crippen MR) is 101 cm³/mol. The van der Waals surface area contributed by atoms with E-state index in [1.807, 2.05) is 23.9 Å². The topological polar surface area (TPSA) is 15.8 Å². The first-order valence-electron chi connectivity index (χ1n) is 8.49. The lowest BCUT2D eigenvalue weighted by molar-refractivity contribution is 0.497. The highest BCUT2D eigenvalue weighted by Gasteiger charge is 2.45. The van der Waals surface area contributed by atoms with Gasteiger partial charge >= 0.3 is 0 Å². The highest BCUT2D eigenvalue weighted by molar-refractivity contribution is 7.97. The number of hydrogen-bond donors (Lipinski definition) is 1.